The maximum atomic E-state index is 12.7. The number of hydrogen-bond acceptors (Lipinski definition) is 2. The molecule has 0 bridgehead atoms. The number of benzene rings is 3. The number of ether oxygens (including phenoxy) is 1. The van der Waals surface area contributed by atoms with Gasteiger partial charge in [-0.25, -0.2) is 0 Å². The van der Waals surface area contributed by atoms with Gasteiger partial charge in [-0.1, -0.05) is 113 Å². The van der Waals surface area contributed by atoms with Crippen molar-refractivity contribution in [3.63, 3.8) is 0 Å². The van der Waals surface area contributed by atoms with Crippen LogP contribution >= 0.6 is 0 Å². The van der Waals surface area contributed by atoms with Gasteiger partial charge in [0, 0.05) is 0 Å². The molecule has 202 valence electrons. The summed E-state index contributed by atoms with van der Waals surface area (Å²) in [5.41, 5.74) is 5.19. The fraction of sp³-hybridized carbons (Fsp3) is 0.472. The maximum Gasteiger partial charge on any atom is 0.314 e. The molecule has 2 heteroatoms. The molecule has 0 N–H and O–H groups in total. The quantitative estimate of drug-likeness (QED) is 0.130. The largest absolute Gasteiger partial charge is 0.426 e. The van der Waals surface area contributed by atoms with Crippen molar-refractivity contribution in [2.75, 3.05) is 0 Å². The molecule has 0 radical (unpaired) electrons. The summed E-state index contributed by atoms with van der Waals surface area (Å²) in [5, 5.41) is 0. The molecule has 2 nitrogen and oxygen atoms in total. The molecule has 3 aromatic carbocycles. The molecule has 0 amide bonds. The molecule has 1 atom stereocenters. The van der Waals surface area contributed by atoms with Crippen molar-refractivity contribution < 1.29 is 9.53 Å². The number of carbonyl (C=O) groups excluding carboxylic acids is 1. The second-order valence-corrected chi connectivity index (χ2v) is 11.4. The zero-order valence-electron chi connectivity index (χ0n) is 23.5. The van der Waals surface area contributed by atoms with Gasteiger partial charge in [0.15, 0.2) is 0 Å². The number of hydrogen-bond donors (Lipinski definition) is 0. The van der Waals surface area contributed by atoms with Gasteiger partial charge in [0.05, 0.1) is 5.92 Å². The summed E-state index contributed by atoms with van der Waals surface area (Å²) in [7, 11) is 0. The van der Waals surface area contributed by atoms with E-state index in [0.717, 1.165) is 25.2 Å². The summed E-state index contributed by atoms with van der Waals surface area (Å²) >= 11 is 0. The first-order valence-electron chi connectivity index (χ1n) is 15.1. The second kappa shape index (κ2) is 14.9. The highest BCUT2D eigenvalue weighted by Gasteiger charge is 2.22. The van der Waals surface area contributed by atoms with E-state index in [0.29, 0.717) is 11.7 Å². The fourth-order valence-corrected chi connectivity index (χ4v) is 5.89. The fourth-order valence-electron chi connectivity index (χ4n) is 5.89. The third kappa shape index (κ3) is 8.58. The highest BCUT2D eigenvalue weighted by Crippen LogP contribution is 2.38. The van der Waals surface area contributed by atoms with Crippen LogP contribution in [0.25, 0.3) is 11.1 Å². The van der Waals surface area contributed by atoms with Gasteiger partial charge < -0.3 is 4.74 Å². The first-order chi connectivity index (χ1) is 18.6. The zero-order valence-corrected chi connectivity index (χ0v) is 23.5. The molecule has 3 aromatic rings. The summed E-state index contributed by atoms with van der Waals surface area (Å²) in [6, 6.07) is 27.6. The normalized spacial score (nSPS) is 18.2. The monoisotopic (exact) mass is 510 g/mol. The summed E-state index contributed by atoms with van der Waals surface area (Å²) in [4.78, 5) is 12.7. The molecule has 1 unspecified atom stereocenters. The molecular formula is C36H46O2. The molecule has 1 aliphatic carbocycles. The summed E-state index contributed by atoms with van der Waals surface area (Å²) < 4.78 is 5.73. The Morgan fingerprint density at radius 2 is 1.47 bits per heavy atom. The number of rotatable bonds is 13. The van der Waals surface area contributed by atoms with Crippen LogP contribution in [0.5, 0.6) is 5.75 Å². The maximum absolute atomic E-state index is 12.7. The molecule has 4 rings (SSSR count). The summed E-state index contributed by atoms with van der Waals surface area (Å²) in [6.45, 7) is 4.27. The molecular weight excluding hydrogens is 464 g/mol. The van der Waals surface area contributed by atoms with Crippen LogP contribution < -0.4 is 4.74 Å². The SMILES string of the molecule is CCCCCCC1CCC(c2ccc(OC(=O)C(C)CCCc3ccc(-c4ccccc4)cc3)cc2)CC1. The van der Waals surface area contributed by atoms with Gasteiger partial charge in [0.2, 0.25) is 0 Å². The van der Waals surface area contributed by atoms with Crippen molar-refractivity contribution in [2.45, 2.75) is 96.8 Å². The van der Waals surface area contributed by atoms with Crippen molar-refractivity contribution in [3.05, 3.63) is 90.0 Å². The molecule has 0 saturated heterocycles. The molecule has 1 fully saturated rings. The molecule has 38 heavy (non-hydrogen) atoms. The summed E-state index contributed by atoms with van der Waals surface area (Å²) in [5.74, 6) is 2.03. The van der Waals surface area contributed by atoms with E-state index < -0.39 is 0 Å². The van der Waals surface area contributed by atoms with Gasteiger partial charge >= 0.3 is 5.97 Å². The van der Waals surface area contributed by atoms with Gasteiger partial charge in [-0.3, -0.25) is 4.79 Å². The van der Waals surface area contributed by atoms with Gasteiger partial charge in [-0.15, -0.1) is 0 Å². The molecule has 0 aliphatic heterocycles. The molecule has 0 aromatic heterocycles. The van der Waals surface area contributed by atoms with E-state index in [9.17, 15) is 4.79 Å². The van der Waals surface area contributed by atoms with Crippen molar-refractivity contribution in [2.24, 2.45) is 11.8 Å². The summed E-state index contributed by atoms with van der Waals surface area (Å²) in [6.07, 6.45) is 15.0. The highest BCUT2D eigenvalue weighted by molar-refractivity contribution is 5.74. The lowest BCUT2D eigenvalue weighted by Crippen LogP contribution is -2.18. The Balaban J connectivity index is 1.16. The van der Waals surface area contributed by atoms with Crippen LogP contribution in [0.15, 0.2) is 78.9 Å². The van der Waals surface area contributed by atoms with Gasteiger partial charge in [0.1, 0.15) is 5.75 Å². The predicted molar refractivity (Wildman–Crippen MR) is 160 cm³/mol. The molecule has 0 heterocycles. The first kappa shape index (κ1) is 28.1. The lowest BCUT2D eigenvalue weighted by atomic mass is 9.77. The Hall–Kier alpha value is -2.87. The average Bonchev–Trinajstić information content (AvgIpc) is 2.97. The third-order valence-electron chi connectivity index (χ3n) is 8.45. The van der Waals surface area contributed by atoms with E-state index in [2.05, 4.69) is 67.6 Å². The Bertz CT molecular complexity index is 1080. The minimum atomic E-state index is -0.124. The highest BCUT2D eigenvalue weighted by atomic mass is 16.5. The zero-order chi connectivity index (χ0) is 26.6. The van der Waals surface area contributed by atoms with Crippen molar-refractivity contribution >= 4 is 5.97 Å². The van der Waals surface area contributed by atoms with Crippen molar-refractivity contribution in [1.29, 1.82) is 0 Å². The Labute approximate surface area is 230 Å². The van der Waals surface area contributed by atoms with E-state index in [1.807, 2.05) is 25.1 Å². The lowest BCUT2D eigenvalue weighted by molar-refractivity contribution is -0.138. The number of carbonyl (C=O) groups is 1. The Kier molecular flexibility index (Phi) is 11.0. The predicted octanol–water partition coefficient (Wildman–Crippen LogP) is 10.2. The lowest BCUT2D eigenvalue weighted by Gasteiger charge is -2.29. The van der Waals surface area contributed by atoms with Gasteiger partial charge in [-0.2, -0.15) is 0 Å². The van der Waals surface area contributed by atoms with Crippen LogP contribution in [0, 0.1) is 11.8 Å². The van der Waals surface area contributed by atoms with E-state index in [-0.39, 0.29) is 11.9 Å². The molecule has 0 spiro atoms. The molecule has 1 aliphatic rings. The van der Waals surface area contributed by atoms with Gasteiger partial charge in [0.25, 0.3) is 0 Å². The number of esters is 1. The van der Waals surface area contributed by atoms with E-state index in [1.165, 1.54) is 80.0 Å². The van der Waals surface area contributed by atoms with E-state index in [4.69, 9.17) is 4.74 Å². The van der Waals surface area contributed by atoms with E-state index in [1.54, 1.807) is 0 Å². The molecule has 1 saturated carbocycles. The smallest absolute Gasteiger partial charge is 0.314 e. The van der Waals surface area contributed by atoms with Crippen LogP contribution in [0.2, 0.25) is 0 Å². The third-order valence-corrected chi connectivity index (χ3v) is 8.45. The minimum Gasteiger partial charge on any atom is -0.426 e. The van der Waals surface area contributed by atoms with Crippen molar-refractivity contribution in [3.8, 4) is 16.9 Å². The standard InChI is InChI=1S/C36H46O2/c1-3-4-5-7-12-29-16-22-33(23-17-29)34-24-26-35(27-25-34)38-36(37)28(2)11-10-13-30-18-20-32(21-19-30)31-14-8-6-9-15-31/h6,8-9,14-15,18-21,24-29,33H,3-5,7,10-13,16-17,22-23H2,1-2H3. The van der Waals surface area contributed by atoms with Crippen LogP contribution in [0.4, 0.5) is 0 Å². The Morgan fingerprint density at radius 1 is 0.789 bits per heavy atom. The van der Waals surface area contributed by atoms with Crippen molar-refractivity contribution in [1.82, 2.24) is 0 Å². The van der Waals surface area contributed by atoms with Crippen LogP contribution in [0.1, 0.15) is 102 Å². The minimum absolute atomic E-state index is 0.106. The van der Waals surface area contributed by atoms with Crippen LogP contribution in [0.3, 0.4) is 0 Å². The van der Waals surface area contributed by atoms with Crippen LogP contribution in [-0.2, 0) is 11.2 Å². The topological polar surface area (TPSA) is 26.3 Å². The number of aryl methyl sites for hydroxylation is 1. The van der Waals surface area contributed by atoms with Gasteiger partial charge in [-0.05, 0) is 91.2 Å². The average molecular weight is 511 g/mol. The van der Waals surface area contributed by atoms with E-state index >= 15 is 0 Å². The second-order valence-electron chi connectivity index (χ2n) is 11.4. The number of unbranched alkanes of at least 4 members (excludes halogenated alkanes) is 3. The van der Waals surface area contributed by atoms with Crippen LogP contribution in [-0.4, -0.2) is 5.97 Å². The Morgan fingerprint density at radius 3 is 2.16 bits per heavy atom. The first-order valence-corrected chi connectivity index (χ1v) is 15.1.